The third-order valence-corrected chi connectivity index (χ3v) is 4.70. The van der Waals surface area contributed by atoms with Gasteiger partial charge in [0.15, 0.2) is 0 Å². The maximum atomic E-state index is 13.0. The molecular weight excluding hydrogens is 365 g/mol. The number of carbonyl (C=O) groups excluding carboxylic acids is 3. The number of hydrogen-bond donors (Lipinski definition) is 1. The molecule has 28 heavy (non-hydrogen) atoms. The van der Waals surface area contributed by atoms with Gasteiger partial charge in [-0.3, -0.25) is 14.4 Å². The lowest BCUT2D eigenvalue weighted by atomic mass is 10.1. The summed E-state index contributed by atoms with van der Waals surface area (Å²) >= 11 is 0. The van der Waals surface area contributed by atoms with Crippen molar-refractivity contribution in [3.05, 3.63) is 58.8 Å². The predicted octanol–water partition coefficient (Wildman–Crippen LogP) is 1.75. The van der Waals surface area contributed by atoms with E-state index in [2.05, 4.69) is 5.32 Å². The Bertz CT molecular complexity index is 883. The van der Waals surface area contributed by atoms with Crippen molar-refractivity contribution in [2.24, 2.45) is 0 Å². The van der Waals surface area contributed by atoms with Crippen molar-refractivity contribution < 1.29 is 23.2 Å². The Morgan fingerprint density at radius 2 is 1.64 bits per heavy atom. The summed E-state index contributed by atoms with van der Waals surface area (Å²) in [5.41, 5.74) is 0.833. The molecule has 7 nitrogen and oxygen atoms in total. The zero-order valence-electron chi connectivity index (χ0n) is 15.8. The molecule has 3 amide bonds. The van der Waals surface area contributed by atoms with Crippen LogP contribution in [0.5, 0.6) is 0 Å². The fourth-order valence-electron chi connectivity index (χ4n) is 3.15. The highest BCUT2D eigenvalue weighted by Crippen LogP contribution is 2.13. The molecule has 0 saturated carbocycles. The summed E-state index contributed by atoms with van der Waals surface area (Å²) in [5.74, 6) is 0.000191. The normalized spacial score (nSPS) is 14.1. The molecule has 0 atom stereocenters. The molecule has 1 aliphatic heterocycles. The highest BCUT2D eigenvalue weighted by molar-refractivity contribution is 5.97. The van der Waals surface area contributed by atoms with Gasteiger partial charge in [-0.25, -0.2) is 4.39 Å². The van der Waals surface area contributed by atoms with Crippen LogP contribution in [0.25, 0.3) is 0 Å². The smallest absolute Gasteiger partial charge is 0.255 e. The molecule has 1 fully saturated rings. The summed E-state index contributed by atoms with van der Waals surface area (Å²) in [5, 5.41) is 2.61. The first kappa shape index (κ1) is 19.6. The highest BCUT2D eigenvalue weighted by Gasteiger charge is 2.25. The number of aryl methyl sites for hydroxylation is 2. The van der Waals surface area contributed by atoms with Gasteiger partial charge in [-0.1, -0.05) is 0 Å². The van der Waals surface area contributed by atoms with Gasteiger partial charge in [0.05, 0.1) is 12.1 Å². The number of halogens is 1. The molecule has 1 aliphatic rings. The van der Waals surface area contributed by atoms with E-state index in [0.29, 0.717) is 48.8 Å². The van der Waals surface area contributed by atoms with Gasteiger partial charge < -0.3 is 19.5 Å². The van der Waals surface area contributed by atoms with Crippen LogP contribution in [0.4, 0.5) is 4.39 Å². The van der Waals surface area contributed by atoms with Crippen molar-refractivity contribution in [3.8, 4) is 0 Å². The van der Waals surface area contributed by atoms with Crippen molar-refractivity contribution in [2.45, 2.75) is 13.8 Å². The highest BCUT2D eigenvalue weighted by atomic mass is 19.1. The molecule has 1 aromatic carbocycles. The Labute approximate surface area is 162 Å². The molecule has 0 bridgehead atoms. The monoisotopic (exact) mass is 387 g/mol. The van der Waals surface area contributed by atoms with Crippen molar-refractivity contribution in [1.29, 1.82) is 0 Å². The minimum absolute atomic E-state index is 0.117. The van der Waals surface area contributed by atoms with Crippen molar-refractivity contribution >= 4 is 17.7 Å². The molecule has 0 radical (unpaired) electrons. The second-order valence-electron chi connectivity index (χ2n) is 6.69. The minimum atomic E-state index is -0.394. The second-order valence-corrected chi connectivity index (χ2v) is 6.69. The van der Waals surface area contributed by atoms with Gasteiger partial charge in [-0.15, -0.1) is 0 Å². The maximum Gasteiger partial charge on any atom is 0.255 e. The predicted molar refractivity (Wildman–Crippen MR) is 99.4 cm³/mol. The Morgan fingerprint density at radius 1 is 1.04 bits per heavy atom. The first-order valence-corrected chi connectivity index (χ1v) is 9.03. The number of amides is 3. The fourth-order valence-corrected chi connectivity index (χ4v) is 3.15. The molecule has 1 saturated heterocycles. The molecule has 0 spiro atoms. The van der Waals surface area contributed by atoms with Crippen LogP contribution < -0.4 is 5.32 Å². The van der Waals surface area contributed by atoms with E-state index in [1.54, 1.807) is 29.7 Å². The van der Waals surface area contributed by atoms with Crippen LogP contribution in [0.2, 0.25) is 0 Å². The zero-order chi connectivity index (χ0) is 20.3. The number of rotatable bonds is 4. The maximum absolute atomic E-state index is 13.0. The number of piperazine rings is 1. The van der Waals surface area contributed by atoms with E-state index in [1.165, 1.54) is 24.3 Å². The van der Waals surface area contributed by atoms with Crippen molar-refractivity contribution in [3.63, 3.8) is 0 Å². The lowest BCUT2D eigenvalue weighted by molar-refractivity contribution is -0.131. The molecule has 0 aliphatic carbocycles. The van der Waals surface area contributed by atoms with Crippen LogP contribution in [0.3, 0.4) is 0 Å². The average Bonchev–Trinajstić information content (AvgIpc) is 3.04. The molecule has 2 aromatic rings. The minimum Gasteiger partial charge on any atom is -0.466 e. The number of nitrogens with one attached hydrogen (secondary N) is 1. The Morgan fingerprint density at radius 3 is 2.21 bits per heavy atom. The third kappa shape index (κ3) is 4.39. The Hall–Kier alpha value is -3.16. The lowest BCUT2D eigenvalue weighted by Gasteiger charge is -2.34. The largest absolute Gasteiger partial charge is 0.466 e. The topological polar surface area (TPSA) is 82.9 Å². The molecule has 1 aromatic heterocycles. The SMILES string of the molecule is Cc1cc(C(=O)NCC(=O)N2CCN(C(=O)c3ccc(F)cc3)CC2)c(C)o1. The zero-order valence-corrected chi connectivity index (χ0v) is 15.8. The van der Waals surface area contributed by atoms with Gasteiger partial charge in [-0.05, 0) is 44.2 Å². The second kappa shape index (κ2) is 8.24. The number of furan rings is 1. The molecule has 0 unspecified atom stereocenters. The van der Waals surface area contributed by atoms with Gasteiger partial charge in [0.2, 0.25) is 5.91 Å². The number of nitrogens with zero attached hydrogens (tertiary/aromatic N) is 2. The van der Waals surface area contributed by atoms with Gasteiger partial charge in [-0.2, -0.15) is 0 Å². The van der Waals surface area contributed by atoms with Crippen LogP contribution in [0.1, 0.15) is 32.2 Å². The van der Waals surface area contributed by atoms with Crippen LogP contribution in [-0.2, 0) is 4.79 Å². The van der Waals surface area contributed by atoms with Gasteiger partial charge >= 0.3 is 0 Å². The molecule has 2 heterocycles. The summed E-state index contributed by atoms with van der Waals surface area (Å²) in [6.45, 7) is 4.86. The van der Waals surface area contributed by atoms with Crippen LogP contribution >= 0.6 is 0 Å². The van der Waals surface area contributed by atoms with E-state index >= 15 is 0 Å². The summed E-state index contributed by atoms with van der Waals surface area (Å²) < 4.78 is 18.3. The number of carbonyl (C=O) groups is 3. The molecule has 3 rings (SSSR count). The number of hydrogen-bond acceptors (Lipinski definition) is 4. The van der Waals surface area contributed by atoms with Gasteiger partial charge in [0.25, 0.3) is 11.8 Å². The molecule has 8 heteroatoms. The average molecular weight is 387 g/mol. The van der Waals surface area contributed by atoms with Crippen molar-refractivity contribution in [1.82, 2.24) is 15.1 Å². The summed E-state index contributed by atoms with van der Waals surface area (Å²) in [4.78, 5) is 40.2. The van der Waals surface area contributed by atoms with Gasteiger partial charge in [0, 0.05) is 31.7 Å². The van der Waals surface area contributed by atoms with Crippen LogP contribution in [-0.4, -0.2) is 60.2 Å². The van der Waals surface area contributed by atoms with Gasteiger partial charge in [0.1, 0.15) is 17.3 Å². The van der Waals surface area contributed by atoms with Crippen LogP contribution in [0.15, 0.2) is 34.7 Å². The van der Waals surface area contributed by atoms with Crippen molar-refractivity contribution in [2.75, 3.05) is 32.7 Å². The summed E-state index contributed by atoms with van der Waals surface area (Å²) in [7, 11) is 0. The third-order valence-electron chi connectivity index (χ3n) is 4.70. The Balaban J connectivity index is 1.48. The first-order chi connectivity index (χ1) is 13.3. The van der Waals surface area contributed by atoms with E-state index in [1.807, 2.05) is 0 Å². The Kier molecular flexibility index (Phi) is 5.77. The molecule has 1 N–H and O–H groups in total. The first-order valence-electron chi connectivity index (χ1n) is 9.03. The van der Waals surface area contributed by atoms with Crippen LogP contribution in [0, 0.1) is 19.7 Å². The van der Waals surface area contributed by atoms with E-state index in [4.69, 9.17) is 4.42 Å². The quantitative estimate of drug-likeness (QED) is 0.867. The number of benzene rings is 1. The summed E-state index contributed by atoms with van der Waals surface area (Å²) in [6, 6.07) is 7.03. The standard InChI is InChI=1S/C20H22FN3O4/c1-13-11-17(14(2)28-13)19(26)22-12-18(25)23-7-9-24(10-8-23)20(27)15-3-5-16(21)6-4-15/h3-6,11H,7-10,12H2,1-2H3,(H,22,26). The van der Waals surface area contributed by atoms with E-state index in [0.717, 1.165) is 0 Å². The van der Waals surface area contributed by atoms with E-state index in [9.17, 15) is 18.8 Å². The van der Waals surface area contributed by atoms with E-state index < -0.39 is 5.82 Å². The molecular formula is C20H22FN3O4. The lowest BCUT2D eigenvalue weighted by Crippen LogP contribution is -2.52. The summed E-state index contributed by atoms with van der Waals surface area (Å²) in [6.07, 6.45) is 0. The molecule has 148 valence electrons. The fraction of sp³-hybridized carbons (Fsp3) is 0.350. The van der Waals surface area contributed by atoms with E-state index in [-0.39, 0.29) is 24.3 Å².